The van der Waals surface area contributed by atoms with Crippen LogP contribution in [0, 0.1) is 7.14 Å². The van der Waals surface area contributed by atoms with Crippen molar-refractivity contribution in [2.45, 2.75) is 6.61 Å². The summed E-state index contributed by atoms with van der Waals surface area (Å²) in [6.07, 6.45) is 2.54. The Balaban J connectivity index is 2.21. The van der Waals surface area contributed by atoms with Gasteiger partial charge in [-0.15, -0.1) is 0 Å². The minimum Gasteiger partial charge on any atom is -0.485 e. The highest BCUT2D eigenvalue weighted by atomic mass is 127. The van der Waals surface area contributed by atoms with Gasteiger partial charge in [-0.2, -0.15) is 0 Å². The van der Waals surface area contributed by atoms with Crippen LogP contribution in [0.1, 0.15) is 16.1 Å². The minimum absolute atomic E-state index is 0.359. The maximum Gasteiger partial charge on any atom is 0.153 e. The summed E-state index contributed by atoms with van der Waals surface area (Å²) in [5.74, 6) is 0.622. The second-order valence-electron chi connectivity index (χ2n) is 3.53. The molecule has 18 heavy (non-hydrogen) atoms. The Bertz CT molecular complexity index is 558. The van der Waals surface area contributed by atoms with E-state index < -0.39 is 0 Å². The van der Waals surface area contributed by atoms with Gasteiger partial charge in [0.25, 0.3) is 0 Å². The van der Waals surface area contributed by atoms with E-state index in [-0.39, 0.29) is 0 Å². The smallest absolute Gasteiger partial charge is 0.153 e. The first-order chi connectivity index (χ1) is 8.70. The summed E-state index contributed by atoms with van der Waals surface area (Å²) < 4.78 is 7.64. The topological polar surface area (TPSA) is 39.2 Å². The Morgan fingerprint density at radius 1 is 1.28 bits per heavy atom. The zero-order chi connectivity index (χ0) is 13.0. The van der Waals surface area contributed by atoms with Gasteiger partial charge in [-0.1, -0.05) is 6.07 Å². The molecule has 0 fully saturated rings. The van der Waals surface area contributed by atoms with Crippen LogP contribution in [-0.4, -0.2) is 11.3 Å². The molecule has 0 saturated heterocycles. The molecular weight excluding hydrogens is 456 g/mol. The van der Waals surface area contributed by atoms with Gasteiger partial charge in [-0.3, -0.25) is 9.78 Å². The fourth-order valence-electron chi connectivity index (χ4n) is 1.45. The number of ether oxygens (including phenoxy) is 1. The van der Waals surface area contributed by atoms with E-state index in [1.165, 1.54) is 0 Å². The molecule has 0 amide bonds. The highest BCUT2D eigenvalue weighted by Gasteiger charge is 2.10. The number of carbonyl (C=O) groups is 1. The Hall–Kier alpha value is -0.700. The number of rotatable bonds is 4. The lowest BCUT2D eigenvalue weighted by Gasteiger charge is -2.10. The summed E-state index contributed by atoms with van der Waals surface area (Å²) in [4.78, 5) is 15.2. The largest absolute Gasteiger partial charge is 0.485 e. The number of halogens is 2. The summed E-state index contributed by atoms with van der Waals surface area (Å²) in [5.41, 5.74) is 1.41. The molecule has 0 unspecified atom stereocenters. The van der Waals surface area contributed by atoms with Gasteiger partial charge in [0, 0.05) is 9.77 Å². The van der Waals surface area contributed by atoms with Gasteiger partial charge >= 0.3 is 0 Å². The third kappa shape index (κ3) is 3.41. The van der Waals surface area contributed by atoms with Crippen molar-refractivity contribution in [3.63, 3.8) is 0 Å². The molecule has 1 aromatic carbocycles. The predicted molar refractivity (Wildman–Crippen MR) is 85.8 cm³/mol. The fraction of sp³-hybridized carbons (Fsp3) is 0.0769. The lowest BCUT2D eigenvalue weighted by atomic mass is 10.2. The minimum atomic E-state index is 0.359. The second-order valence-corrected chi connectivity index (χ2v) is 5.94. The number of aldehydes is 1. The molecule has 0 aliphatic carbocycles. The van der Waals surface area contributed by atoms with Crippen molar-refractivity contribution >= 4 is 51.5 Å². The molecule has 92 valence electrons. The van der Waals surface area contributed by atoms with Crippen LogP contribution >= 0.6 is 45.2 Å². The molecule has 2 rings (SSSR count). The number of aromatic nitrogens is 1. The third-order valence-electron chi connectivity index (χ3n) is 2.25. The van der Waals surface area contributed by atoms with Crippen molar-refractivity contribution in [3.8, 4) is 5.75 Å². The number of carbonyl (C=O) groups excluding carboxylic acids is 1. The van der Waals surface area contributed by atoms with Gasteiger partial charge in [0.1, 0.15) is 12.4 Å². The van der Waals surface area contributed by atoms with Gasteiger partial charge in [0.2, 0.25) is 0 Å². The van der Waals surface area contributed by atoms with Crippen molar-refractivity contribution < 1.29 is 9.53 Å². The maximum absolute atomic E-state index is 11.0. The van der Waals surface area contributed by atoms with Crippen LogP contribution in [-0.2, 0) is 6.61 Å². The van der Waals surface area contributed by atoms with E-state index in [0.29, 0.717) is 17.9 Å². The lowest BCUT2D eigenvalue weighted by molar-refractivity contribution is 0.111. The number of hydrogen-bond donors (Lipinski definition) is 0. The number of nitrogens with zero attached hydrogens (tertiary/aromatic N) is 1. The summed E-state index contributed by atoms with van der Waals surface area (Å²) in [6, 6.07) is 9.44. The molecule has 0 N–H and O–H groups in total. The Kier molecular flexibility index (Phi) is 4.93. The van der Waals surface area contributed by atoms with Gasteiger partial charge in [0.05, 0.1) is 14.8 Å². The molecule has 0 aliphatic heterocycles. The number of pyridine rings is 1. The summed E-state index contributed by atoms with van der Waals surface area (Å²) in [6.45, 7) is 0.359. The standard InChI is InChI=1S/C13H9I2NO2/c14-10-5-9(7-17)13(12(15)6-10)18-8-11-3-1-2-4-16-11/h1-7H,8H2. The van der Waals surface area contributed by atoms with Gasteiger partial charge in [0.15, 0.2) is 6.29 Å². The predicted octanol–water partition coefficient (Wildman–Crippen LogP) is 3.68. The van der Waals surface area contributed by atoms with Crippen molar-refractivity contribution in [2.24, 2.45) is 0 Å². The van der Waals surface area contributed by atoms with Gasteiger partial charge < -0.3 is 4.74 Å². The molecular formula is C13H9I2NO2. The van der Waals surface area contributed by atoms with E-state index in [9.17, 15) is 4.79 Å². The van der Waals surface area contributed by atoms with E-state index in [4.69, 9.17) is 4.74 Å². The number of benzene rings is 1. The van der Waals surface area contributed by atoms with Crippen molar-refractivity contribution in [1.29, 1.82) is 0 Å². The third-order valence-corrected chi connectivity index (χ3v) is 3.68. The van der Waals surface area contributed by atoms with Crippen molar-refractivity contribution in [1.82, 2.24) is 4.98 Å². The average Bonchev–Trinajstić information content (AvgIpc) is 2.38. The van der Waals surface area contributed by atoms with Gasteiger partial charge in [-0.05, 0) is 69.4 Å². The molecule has 1 aromatic heterocycles. The van der Waals surface area contributed by atoms with Crippen LogP contribution in [0.3, 0.4) is 0 Å². The molecule has 0 radical (unpaired) electrons. The maximum atomic E-state index is 11.0. The van der Waals surface area contributed by atoms with Crippen LogP contribution in [0.4, 0.5) is 0 Å². The van der Waals surface area contributed by atoms with Crippen LogP contribution in [0.15, 0.2) is 36.5 Å². The Labute approximate surface area is 132 Å². The second kappa shape index (κ2) is 6.46. The Morgan fingerprint density at radius 3 is 2.78 bits per heavy atom. The molecule has 0 saturated carbocycles. The van der Waals surface area contributed by atoms with E-state index in [1.807, 2.05) is 30.3 Å². The average molecular weight is 465 g/mol. The van der Waals surface area contributed by atoms with Crippen LogP contribution in [0.5, 0.6) is 5.75 Å². The van der Waals surface area contributed by atoms with E-state index >= 15 is 0 Å². The lowest BCUT2D eigenvalue weighted by Crippen LogP contribution is -2.02. The Morgan fingerprint density at radius 2 is 2.11 bits per heavy atom. The first kappa shape index (κ1) is 13.7. The normalized spacial score (nSPS) is 10.1. The molecule has 0 bridgehead atoms. The van der Waals surface area contributed by atoms with E-state index in [0.717, 1.165) is 19.1 Å². The molecule has 3 nitrogen and oxygen atoms in total. The SMILES string of the molecule is O=Cc1cc(I)cc(I)c1OCc1ccccn1. The van der Waals surface area contributed by atoms with E-state index in [2.05, 4.69) is 50.2 Å². The van der Waals surface area contributed by atoms with Crippen molar-refractivity contribution in [3.05, 3.63) is 54.9 Å². The summed E-state index contributed by atoms with van der Waals surface area (Å²) in [5, 5.41) is 0. The summed E-state index contributed by atoms with van der Waals surface area (Å²) in [7, 11) is 0. The quantitative estimate of drug-likeness (QED) is 0.512. The first-order valence-electron chi connectivity index (χ1n) is 5.17. The molecule has 1 heterocycles. The molecule has 0 atom stereocenters. The fourth-order valence-corrected chi connectivity index (χ4v) is 3.50. The van der Waals surface area contributed by atoms with Gasteiger partial charge in [-0.25, -0.2) is 0 Å². The first-order valence-corrected chi connectivity index (χ1v) is 7.33. The molecule has 2 aromatic rings. The molecule has 0 aliphatic rings. The highest BCUT2D eigenvalue weighted by Crippen LogP contribution is 2.27. The number of hydrogen-bond acceptors (Lipinski definition) is 3. The monoisotopic (exact) mass is 465 g/mol. The molecule has 5 heteroatoms. The highest BCUT2D eigenvalue weighted by molar-refractivity contribution is 14.1. The zero-order valence-corrected chi connectivity index (χ0v) is 13.6. The van der Waals surface area contributed by atoms with E-state index in [1.54, 1.807) is 6.20 Å². The van der Waals surface area contributed by atoms with Crippen LogP contribution in [0.2, 0.25) is 0 Å². The van der Waals surface area contributed by atoms with Crippen LogP contribution in [0.25, 0.3) is 0 Å². The summed E-state index contributed by atoms with van der Waals surface area (Å²) >= 11 is 4.35. The molecule has 0 spiro atoms. The van der Waals surface area contributed by atoms with Crippen molar-refractivity contribution in [2.75, 3.05) is 0 Å². The zero-order valence-electron chi connectivity index (χ0n) is 9.27. The van der Waals surface area contributed by atoms with Crippen LogP contribution < -0.4 is 4.74 Å².